The minimum atomic E-state index is -0.281. The van der Waals surface area contributed by atoms with Crippen LogP contribution in [-0.2, 0) is 11.3 Å². The summed E-state index contributed by atoms with van der Waals surface area (Å²) in [6.07, 6.45) is 6.59. The first-order valence-corrected chi connectivity index (χ1v) is 10.6. The molecule has 0 radical (unpaired) electrons. The lowest BCUT2D eigenvalue weighted by Crippen LogP contribution is -3.18. The van der Waals surface area contributed by atoms with E-state index in [1.807, 2.05) is 10.6 Å². The fourth-order valence-corrected chi connectivity index (χ4v) is 5.33. The maximum absolute atomic E-state index is 13.1. The van der Waals surface area contributed by atoms with Gasteiger partial charge in [-0.25, -0.2) is 0 Å². The summed E-state index contributed by atoms with van der Waals surface area (Å²) in [6.45, 7) is 4.71. The largest absolute Gasteiger partial charge is 0.381 e. The third-order valence-corrected chi connectivity index (χ3v) is 6.73. The number of piperidine rings is 1. The van der Waals surface area contributed by atoms with E-state index in [0.717, 1.165) is 57.8 Å². The van der Waals surface area contributed by atoms with Crippen LogP contribution in [0.3, 0.4) is 0 Å². The van der Waals surface area contributed by atoms with Gasteiger partial charge in [0.1, 0.15) is 5.69 Å². The van der Waals surface area contributed by atoms with Crippen LogP contribution >= 0.6 is 0 Å². The molecule has 29 heavy (non-hydrogen) atoms. The Kier molecular flexibility index (Phi) is 4.93. The zero-order valence-electron chi connectivity index (χ0n) is 16.5. The molecule has 3 aliphatic rings. The Morgan fingerprint density at radius 2 is 1.93 bits per heavy atom. The van der Waals surface area contributed by atoms with Crippen molar-refractivity contribution in [2.24, 2.45) is 5.92 Å². The van der Waals surface area contributed by atoms with Crippen molar-refractivity contribution >= 4 is 11.6 Å². The van der Waals surface area contributed by atoms with E-state index in [4.69, 9.17) is 4.74 Å². The van der Waals surface area contributed by atoms with Gasteiger partial charge in [-0.3, -0.25) is 14.6 Å². The van der Waals surface area contributed by atoms with Gasteiger partial charge in [0.15, 0.2) is 0 Å². The molecule has 2 bridgehead atoms. The van der Waals surface area contributed by atoms with E-state index in [9.17, 15) is 9.59 Å². The zero-order chi connectivity index (χ0) is 19.8. The van der Waals surface area contributed by atoms with Crippen molar-refractivity contribution in [1.82, 2.24) is 9.55 Å². The molecule has 5 heterocycles. The van der Waals surface area contributed by atoms with Gasteiger partial charge in [-0.1, -0.05) is 0 Å². The number of hydrogen-bond donors (Lipinski definition) is 2. The van der Waals surface area contributed by atoms with E-state index in [1.54, 1.807) is 35.5 Å². The molecule has 2 N–H and O–H groups in total. The molecule has 5 rings (SSSR count). The van der Waals surface area contributed by atoms with Crippen LogP contribution in [0, 0.1) is 5.92 Å². The molecule has 152 valence electrons. The minimum Gasteiger partial charge on any atom is -0.381 e. The molecule has 3 atom stereocenters. The van der Waals surface area contributed by atoms with Gasteiger partial charge in [-0.2, -0.15) is 0 Å². The van der Waals surface area contributed by atoms with Crippen molar-refractivity contribution in [2.75, 3.05) is 31.6 Å². The second-order valence-corrected chi connectivity index (χ2v) is 8.53. The molecule has 2 aromatic heterocycles. The predicted molar refractivity (Wildman–Crippen MR) is 108 cm³/mol. The first-order valence-electron chi connectivity index (χ1n) is 10.6. The van der Waals surface area contributed by atoms with E-state index in [-0.39, 0.29) is 11.5 Å². The molecule has 0 aliphatic carbocycles. The Balaban J connectivity index is 1.37. The van der Waals surface area contributed by atoms with Gasteiger partial charge in [-0.05, 0) is 30.7 Å². The number of ether oxygens (including phenoxy) is 1. The lowest BCUT2D eigenvalue weighted by atomic mass is 9.82. The van der Waals surface area contributed by atoms with E-state index in [0.29, 0.717) is 29.1 Å². The molecule has 3 aliphatic heterocycles. The van der Waals surface area contributed by atoms with E-state index < -0.39 is 0 Å². The molecule has 0 spiro atoms. The van der Waals surface area contributed by atoms with Crippen LogP contribution in [0.1, 0.15) is 41.2 Å². The number of quaternary nitrogens is 1. The lowest BCUT2D eigenvalue weighted by molar-refractivity contribution is -0.937. The highest BCUT2D eigenvalue weighted by molar-refractivity contribution is 6.04. The number of fused-ring (bicyclic) bond motifs is 4. The minimum absolute atomic E-state index is 0.0888. The maximum atomic E-state index is 13.1. The van der Waals surface area contributed by atoms with Crippen LogP contribution in [0.5, 0.6) is 0 Å². The average Bonchev–Trinajstić information content (AvgIpc) is 2.77. The Labute approximate surface area is 169 Å². The van der Waals surface area contributed by atoms with Gasteiger partial charge in [0.05, 0.1) is 32.3 Å². The Morgan fingerprint density at radius 1 is 1.14 bits per heavy atom. The monoisotopic (exact) mass is 395 g/mol. The molecule has 1 amide bonds. The summed E-state index contributed by atoms with van der Waals surface area (Å²) in [5.41, 5.74) is 1.88. The molecule has 2 aromatic rings. The molecule has 7 heteroatoms. The van der Waals surface area contributed by atoms with E-state index in [2.05, 4.69) is 10.3 Å². The van der Waals surface area contributed by atoms with Crippen molar-refractivity contribution in [1.29, 1.82) is 0 Å². The number of rotatable bonds is 3. The van der Waals surface area contributed by atoms with Gasteiger partial charge in [0.2, 0.25) is 0 Å². The summed E-state index contributed by atoms with van der Waals surface area (Å²) in [5.74, 6) is 0.650. The predicted octanol–water partition coefficient (Wildman–Crippen LogP) is 0.677. The quantitative estimate of drug-likeness (QED) is 0.801. The van der Waals surface area contributed by atoms with E-state index >= 15 is 0 Å². The number of hydrogen-bond acceptors (Lipinski definition) is 4. The summed E-state index contributed by atoms with van der Waals surface area (Å²) in [6, 6.07) is 7.78. The fourth-order valence-electron chi connectivity index (χ4n) is 5.33. The number of anilines is 1. The molecular formula is C22H27N4O3+. The summed E-state index contributed by atoms with van der Waals surface area (Å²) >= 11 is 0. The lowest BCUT2D eigenvalue weighted by Gasteiger charge is -2.44. The summed E-state index contributed by atoms with van der Waals surface area (Å²) in [5, 5.41) is 2.78. The number of aromatic nitrogens is 2. The summed E-state index contributed by atoms with van der Waals surface area (Å²) in [7, 11) is 0. The third-order valence-electron chi connectivity index (χ3n) is 6.73. The summed E-state index contributed by atoms with van der Waals surface area (Å²) < 4.78 is 7.44. The fraction of sp³-hybridized carbons (Fsp3) is 0.500. The number of carbonyl (C=O) groups is 1. The number of carbonyl (C=O) groups excluding carboxylic acids is 1. The van der Waals surface area contributed by atoms with Gasteiger partial charge in [0.25, 0.3) is 11.5 Å². The van der Waals surface area contributed by atoms with Crippen molar-refractivity contribution in [3.05, 3.63) is 58.3 Å². The van der Waals surface area contributed by atoms with Crippen molar-refractivity contribution in [3.63, 3.8) is 0 Å². The Morgan fingerprint density at radius 3 is 2.72 bits per heavy atom. The molecule has 1 unspecified atom stereocenters. The molecular weight excluding hydrogens is 368 g/mol. The first kappa shape index (κ1) is 18.5. The van der Waals surface area contributed by atoms with Gasteiger partial charge >= 0.3 is 0 Å². The van der Waals surface area contributed by atoms with Gasteiger partial charge < -0.3 is 19.5 Å². The second kappa shape index (κ2) is 7.72. The molecule has 2 saturated heterocycles. The Bertz CT molecular complexity index is 952. The average molecular weight is 395 g/mol. The zero-order valence-corrected chi connectivity index (χ0v) is 16.5. The number of nitrogens with one attached hydrogen (secondary N) is 2. The van der Waals surface area contributed by atoms with Crippen molar-refractivity contribution in [2.45, 2.75) is 37.8 Å². The molecule has 0 saturated carbocycles. The summed E-state index contributed by atoms with van der Waals surface area (Å²) in [4.78, 5) is 31.2. The highest BCUT2D eigenvalue weighted by Crippen LogP contribution is 2.31. The maximum Gasteiger partial charge on any atom is 0.274 e. The molecule has 2 fully saturated rings. The molecule has 7 nitrogen and oxygen atoms in total. The highest BCUT2D eigenvalue weighted by atomic mass is 16.5. The highest BCUT2D eigenvalue weighted by Gasteiger charge is 2.40. The van der Waals surface area contributed by atoms with Gasteiger partial charge in [-0.15, -0.1) is 0 Å². The third kappa shape index (κ3) is 3.60. The van der Waals surface area contributed by atoms with Crippen LogP contribution in [-0.4, -0.2) is 47.8 Å². The number of pyridine rings is 2. The van der Waals surface area contributed by atoms with Crippen LogP contribution in [0.25, 0.3) is 0 Å². The topological polar surface area (TPSA) is 77.7 Å². The van der Waals surface area contributed by atoms with Crippen molar-refractivity contribution in [3.8, 4) is 0 Å². The standard InChI is InChI=1S/C22H26N4O3/c27-21(16-3-7-23-8-4-16)24-19-1-2-20-17-11-15(13-26(20)22(19)28)12-25(14-17)18-5-9-29-10-6-18/h1-4,7-8,15,17-18H,5-6,9-14H2,(H,24,27)/p+1/t15-,17+/m0/s1. The van der Waals surface area contributed by atoms with Crippen molar-refractivity contribution < 1.29 is 14.4 Å². The number of nitrogens with zero attached hydrogens (tertiary/aromatic N) is 2. The van der Waals surface area contributed by atoms with Crippen LogP contribution in [0.15, 0.2) is 41.5 Å². The smallest absolute Gasteiger partial charge is 0.274 e. The normalized spacial score (nSPS) is 26.6. The SMILES string of the molecule is O=C(Nc1ccc2n(c1=O)C[C@H]1C[C@@H]2C[NH+](C2CCOCC2)C1)c1ccncc1. The van der Waals surface area contributed by atoms with Crippen LogP contribution < -0.4 is 15.8 Å². The van der Waals surface area contributed by atoms with E-state index in [1.165, 1.54) is 0 Å². The number of likely N-dealkylation sites (tertiary alicyclic amines) is 1. The number of amides is 1. The first-order chi connectivity index (χ1) is 14.2. The Hall–Kier alpha value is -2.51. The van der Waals surface area contributed by atoms with Crippen LogP contribution in [0.2, 0.25) is 0 Å². The molecule has 0 aromatic carbocycles. The van der Waals surface area contributed by atoms with Gasteiger partial charge in [0, 0.05) is 54.9 Å². The van der Waals surface area contributed by atoms with Crippen LogP contribution in [0.4, 0.5) is 5.69 Å². The second-order valence-electron chi connectivity index (χ2n) is 8.53.